The highest BCUT2D eigenvalue weighted by Gasteiger charge is 2.19. The Morgan fingerprint density at radius 3 is 2.87 bits per heavy atom. The van der Waals surface area contributed by atoms with E-state index in [1.807, 2.05) is 18.2 Å². The lowest BCUT2D eigenvalue weighted by Crippen LogP contribution is -2.36. The summed E-state index contributed by atoms with van der Waals surface area (Å²) < 4.78 is 0. The highest BCUT2D eigenvalue weighted by Crippen LogP contribution is 2.22. The molecule has 15 heavy (non-hydrogen) atoms. The Balaban J connectivity index is 2.03. The van der Waals surface area contributed by atoms with Gasteiger partial charge < -0.3 is 5.32 Å². The summed E-state index contributed by atoms with van der Waals surface area (Å²) in [4.78, 5) is 0. The monoisotopic (exact) mass is 200 g/mol. The summed E-state index contributed by atoms with van der Waals surface area (Å²) in [5, 5.41) is 12.4. The molecule has 1 unspecified atom stereocenters. The fourth-order valence-corrected chi connectivity index (χ4v) is 1.90. The van der Waals surface area contributed by atoms with Crippen LogP contribution in [0.1, 0.15) is 43.4 Å². The van der Waals surface area contributed by atoms with Gasteiger partial charge in [-0.05, 0) is 37.5 Å². The summed E-state index contributed by atoms with van der Waals surface area (Å²) in [6.07, 6.45) is 3.94. The molecule has 1 saturated carbocycles. The number of nitrogens with one attached hydrogen (secondary N) is 1. The second-order valence-electron chi connectivity index (χ2n) is 4.25. The Labute approximate surface area is 90.9 Å². The molecule has 2 nitrogen and oxygen atoms in total. The Bertz CT molecular complexity index is 374. The van der Waals surface area contributed by atoms with Crippen LogP contribution in [0.2, 0.25) is 0 Å². The Morgan fingerprint density at radius 2 is 2.27 bits per heavy atom. The lowest BCUT2D eigenvalue weighted by atomic mass is 9.91. The number of hydrogen-bond donors (Lipinski definition) is 1. The van der Waals surface area contributed by atoms with Gasteiger partial charge in [0.1, 0.15) is 0 Å². The van der Waals surface area contributed by atoms with E-state index in [0.717, 1.165) is 5.56 Å². The molecule has 1 fully saturated rings. The molecular formula is C13H16N2. The van der Waals surface area contributed by atoms with Crippen molar-refractivity contribution in [2.75, 3.05) is 0 Å². The van der Waals surface area contributed by atoms with Crippen molar-refractivity contribution in [3.63, 3.8) is 0 Å². The predicted molar refractivity (Wildman–Crippen MR) is 60.3 cm³/mol. The zero-order valence-electron chi connectivity index (χ0n) is 9.03. The fraction of sp³-hybridized carbons (Fsp3) is 0.462. The predicted octanol–water partition coefficient (Wildman–Crippen LogP) is 2.76. The molecule has 2 rings (SSSR count). The van der Waals surface area contributed by atoms with Crippen LogP contribution in [0.3, 0.4) is 0 Å². The number of nitrogens with zero attached hydrogens (tertiary/aromatic N) is 1. The lowest BCUT2D eigenvalue weighted by Gasteiger charge is -2.30. The molecule has 78 valence electrons. The van der Waals surface area contributed by atoms with Crippen molar-refractivity contribution in [1.29, 1.82) is 5.26 Å². The normalized spacial score (nSPS) is 17.9. The van der Waals surface area contributed by atoms with Gasteiger partial charge >= 0.3 is 0 Å². The van der Waals surface area contributed by atoms with Crippen LogP contribution in [0.4, 0.5) is 0 Å². The lowest BCUT2D eigenvalue weighted by molar-refractivity contribution is 0.313. The van der Waals surface area contributed by atoms with Gasteiger partial charge in [-0.2, -0.15) is 5.26 Å². The fourth-order valence-electron chi connectivity index (χ4n) is 1.90. The molecule has 1 N–H and O–H groups in total. The van der Waals surface area contributed by atoms with Crippen LogP contribution in [0.5, 0.6) is 0 Å². The molecule has 0 aliphatic heterocycles. The molecular weight excluding hydrogens is 184 g/mol. The zero-order chi connectivity index (χ0) is 10.7. The summed E-state index contributed by atoms with van der Waals surface area (Å²) in [5.41, 5.74) is 1.95. The minimum absolute atomic E-state index is 0.351. The van der Waals surface area contributed by atoms with Gasteiger partial charge in [0.2, 0.25) is 0 Å². The van der Waals surface area contributed by atoms with Gasteiger partial charge in [0, 0.05) is 12.1 Å². The van der Waals surface area contributed by atoms with Gasteiger partial charge in [-0.15, -0.1) is 0 Å². The minimum Gasteiger partial charge on any atom is -0.307 e. The van der Waals surface area contributed by atoms with E-state index in [1.165, 1.54) is 24.8 Å². The number of rotatable bonds is 3. The first-order chi connectivity index (χ1) is 7.29. The van der Waals surface area contributed by atoms with Gasteiger partial charge in [-0.25, -0.2) is 0 Å². The van der Waals surface area contributed by atoms with E-state index in [1.54, 1.807) is 0 Å². The van der Waals surface area contributed by atoms with Crippen LogP contribution in [-0.4, -0.2) is 6.04 Å². The van der Waals surface area contributed by atoms with Gasteiger partial charge in [0.25, 0.3) is 0 Å². The van der Waals surface area contributed by atoms with Gasteiger partial charge in [-0.3, -0.25) is 0 Å². The van der Waals surface area contributed by atoms with E-state index >= 15 is 0 Å². The summed E-state index contributed by atoms with van der Waals surface area (Å²) in [6, 6.07) is 11.1. The standard InChI is InChI=1S/C13H16N2/c1-10(15-13-6-3-7-13)12-5-2-4-11(8-12)9-14/h2,4-5,8,10,13,15H,3,6-7H2,1H3. The zero-order valence-corrected chi connectivity index (χ0v) is 9.03. The first-order valence-electron chi connectivity index (χ1n) is 5.55. The first-order valence-corrected chi connectivity index (χ1v) is 5.55. The van der Waals surface area contributed by atoms with E-state index < -0.39 is 0 Å². The van der Waals surface area contributed by atoms with E-state index in [0.29, 0.717) is 12.1 Å². The van der Waals surface area contributed by atoms with Crippen molar-refractivity contribution in [3.8, 4) is 6.07 Å². The van der Waals surface area contributed by atoms with Gasteiger partial charge in [-0.1, -0.05) is 18.6 Å². The maximum atomic E-state index is 8.81. The van der Waals surface area contributed by atoms with Crippen LogP contribution >= 0.6 is 0 Å². The molecule has 0 saturated heterocycles. The van der Waals surface area contributed by atoms with Crippen molar-refractivity contribution >= 4 is 0 Å². The molecule has 0 spiro atoms. The largest absolute Gasteiger partial charge is 0.307 e. The van der Waals surface area contributed by atoms with Crippen molar-refractivity contribution in [3.05, 3.63) is 35.4 Å². The molecule has 1 aromatic carbocycles. The second-order valence-corrected chi connectivity index (χ2v) is 4.25. The average Bonchev–Trinajstić information content (AvgIpc) is 2.23. The molecule has 0 radical (unpaired) electrons. The van der Waals surface area contributed by atoms with E-state index in [9.17, 15) is 0 Å². The molecule has 1 aromatic rings. The maximum Gasteiger partial charge on any atom is 0.0991 e. The number of nitriles is 1. The van der Waals surface area contributed by atoms with Crippen molar-refractivity contribution in [2.24, 2.45) is 0 Å². The van der Waals surface area contributed by atoms with Gasteiger partial charge in [0.05, 0.1) is 11.6 Å². The van der Waals surface area contributed by atoms with Crippen molar-refractivity contribution in [1.82, 2.24) is 5.32 Å². The molecule has 0 aromatic heterocycles. The van der Waals surface area contributed by atoms with Crippen molar-refractivity contribution in [2.45, 2.75) is 38.3 Å². The highest BCUT2D eigenvalue weighted by atomic mass is 15.0. The third kappa shape index (κ3) is 2.37. The Kier molecular flexibility index (Phi) is 3.03. The van der Waals surface area contributed by atoms with Gasteiger partial charge in [0.15, 0.2) is 0 Å². The number of hydrogen-bond acceptors (Lipinski definition) is 2. The van der Waals surface area contributed by atoms with Crippen LogP contribution in [0.25, 0.3) is 0 Å². The minimum atomic E-state index is 0.351. The SMILES string of the molecule is CC(NC1CCC1)c1cccc(C#N)c1. The highest BCUT2D eigenvalue weighted by molar-refractivity contribution is 5.34. The van der Waals surface area contributed by atoms with Crippen LogP contribution in [-0.2, 0) is 0 Å². The first kappa shape index (κ1) is 10.2. The van der Waals surface area contributed by atoms with E-state index in [4.69, 9.17) is 5.26 Å². The number of benzene rings is 1. The molecule has 0 heterocycles. The Hall–Kier alpha value is -1.33. The average molecular weight is 200 g/mol. The molecule has 2 heteroatoms. The summed E-state index contributed by atoms with van der Waals surface area (Å²) >= 11 is 0. The van der Waals surface area contributed by atoms with Crippen LogP contribution in [0.15, 0.2) is 24.3 Å². The second kappa shape index (κ2) is 4.46. The third-order valence-electron chi connectivity index (χ3n) is 3.11. The molecule has 0 bridgehead atoms. The summed E-state index contributed by atoms with van der Waals surface area (Å²) in [6.45, 7) is 2.16. The molecule has 0 amide bonds. The maximum absolute atomic E-state index is 8.81. The molecule has 1 aliphatic carbocycles. The Morgan fingerprint density at radius 1 is 1.47 bits per heavy atom. The van der Waals surface area contributed by atoms with Crippen LogP contribution < -0.4 is 5.32 Å². The summed E-state index contributed by atoms with van der Waals surface area (Å²) in [7, 11) is 0. The summed E-state index contributed by atoms with van der Waals surface area (Å²) in [5.74, 6) is 0. The van der Waals surface area contributed by atoms with Crippen molar-refractivity contribution < 1.29 is 0 Å². The van der Waals surface area contributed by atoms with E-state index in [2.05, 4.69) is 24.4 Å². The topological polar surface area (TPSA) is 35.8 Å². The quantitative estimate of drug-likeness (QED) is 0.814. The third-order valence-corrected chi connectivity index (χ3v) is 3.11. The van der Waals surface area contributed by atoms with E-state index in [-0.39, 0.29) is 0 Å². The smallest absolute Gasteiger partial charge is 0.0991 e. The molecule has 1 aliphatic rings. The molecule has 1 atom stereocenters. The van der Waals surface area contributed by atoms with Crippen LogP contribution in [0, 0.1) is 11.3 Å².